The number of carbonyl (C=O) groups excluding carboxylic acids is 2. The third-order valence-corrected chi connectivity index (χ3v) is 2.65. The monoisotopic (exact) mass is 279 g/mol. The molecule has 0 aromatic heterocycles. The molecule has 0 fully saturated rings. The Kier molecular flexibility index (Phi) is 2.83. The lowest BCUT2D eigenvalue weighted by Crippen LogP contribution is -2.48. The van der Waals surface area contributed by atoms with Gasteiger partial charge < -0.3 is 0 Å². The van der Waals surface area contributed by atoms with Crippen LogP contribution < -0.4 is 0 Å². The fourth-order valence-corrected chi connectivity index (χ4v) is 1.67. The highest BCUT2D eigenvalue weighted by Crippen LogP contribution is 2.37. The van der Waals surface area contributed by atoms with Crippen molar-refractivity contribution in [1.29, 1.82) is 0 Å². The molecule has 1 aliphatic heterocycles. The molecule has 0 unspecified atom stereocenters. The number of benzene rings is 1. The zero-order valence-electron chi connectivity index (χ0n) is 9.17. The molecule has 8 heteroatoms. The van der Waals surface area contributed by atoms with Crippen LogP contribution >= 0.6 is 0 Å². The number of hydrogen-bond donors (Lipinski definition) is 0. The van der Waals surface area contributed by atoms with Crippen LogP contribution in [-0.2, 0) is 0 Å². The van der Waals surface area contributed by atoms with E-state index in [0.29, 0.717) is 0 Å². The van der Waals surface area contributed by atoms with E-state index >= 15 is 0 Å². The molecule has 3 nitrogen and oxygen atoms in total. The number of fused-ring (bicyclic) bond motifs is 1. The number of hydrogen-bond acceptors (Lipinski definition) is 2. The summed E-state index contributed by atoms with van der Waals surface area (Å²) in [6.07, 6.45) is -5.82. The molecule has 0 atom stereocenters. The second-order valence-corrected chi connectivity index (χ2v) is 3.94. The van der Waals surface area contributed by atoms with Gasteiger partial charge in [0.1, 0.15) is 6.54 Å². The van der Waals surface area contributed by atoms with E-state index in [2.05, 4.69) is 0 Å². The second kappa shape index (κ2) is 4.01. The highest BCUT2D eigenvalue weighted by atomic mass is 19.4. The minimum Gasteiger partial charge on any atom is -0.269 e. The van der Waals surface area contributed by atoms with Crippen LogP contribution in [-0.4, -0.2) is 35.4 Å². The summed E-state index contributed by atoms with van der Waals surface area (Å²) >= 11 is 0. The van der Waals surface area contributed by atoms with Crippen molar-refractivity contribution in [1.82, 2.24) is 4.90 Å². The van der Waals surface area contributed by atoms with E-state index in [9.17, 15) is 31.5 Å². The minimum atomic E-state index is -5.82. The number of halogens is 5. The first kappa shape index (κ1) is 13.4. The van der Waals surface area contributed by atoms with Gasteiger partial charge in [0, 0.05) is 0 Å². The molecule has 2 rings (SSSR count). The molecule has 1 aliphatic rings. The number of rotatable bonds is 2. The van der Waals surface area contributed by atoms with Gasteiger partial charge in [-0.3, -0.25) is 14.5 Å². The van der Waals surface area contributed by atoms with Crippen molar-refractivity contribution in [3.05, 3.63) is 35.4 Å². The summed E-state index contributed by atoms with van der Waals surface area (Å²) in [5.41, 5.74) is -0.351. The minimum absolute atomic E-state index is 0.0852. The van der Waals surface area contributed by atoms with Crippen molar-refractivity contribution >= 4 is 11.8 Å². The highest BCUT2D eigenvalue weighted by molar-refractivity contribution is 6.21. The topological polar surface area (TPSA) is 37.4 Å². The summed E-state index contributed by atoms with van der Waals surface area (Å²) in [7, 11) is 0. The van der Waals surface area contributed by atoms with E-state index in [1.807, 2.05) is 0 Å². The first-order valence-corrected chi connectivity index (χ1v) is 5.05. The highest BCUT2D eigenvalue weighted by Gasteiger charge is 2.60. The Hall–Kier alpha value is -1.99. The Morgan fingerprint density at radius 3 is 1.68 bits per heavy atom. The van der Waals surface area contributed by atoms with Crippen LogP contribution in [0.2, 0.25) is 0 Å². The van der Waals surface area contributed by atoms with Crippen LogP contribution in [0.1, 0.15) is 20.7 Å². The van der Waals surface area contributed by atoms with Gasteiger partial charge in [0.05, 0.1) is 11.1 Å². The summed E-state index contributed by atoms with van der Waals surface area (Å²) in [6.45, 7) is -2.01. The van der Waals surface area contributed by atoms with Gasteiger partial charge in [-0.2, -0.15) is 22.0 Å². The lowest BCUT2D eigenvalue weighted by atomic mass is 10.1. The van der Waals surface area contributed by atoms with Gasteiger partial charge in [-0.15, -0.1) is 0 Å². The summed E-state index contributed by atoms with van der Waals surface area (Å²) in [4.78, 5) is 23.1. The fraction of sp³-hybridized carbons (Fsp3) is 0.273. The van der Waals surface area contributed by atoms with Crippen LogP contribution in [0.25, 0.3) is 0 Å². The van der Waals surface area contributed by atoms with Crippen molar-refractivity contribution < 1.29 is 31.5 Å². The molecule has 0 aliphatic carbocycles. The van der Waals surface area contributed by atoms with Gasteiger partial charge in [0.15, 0.2) is 0 Å². The lowest BCUT2D eigenvalue weighted by molar-refractivity contribution is -0.282. The number of imide groups is 1. The molecule has 19 heavy (non-hydrogen) atoms. The first-order chi connectivity index (χ1) is 8.65. The SMILES string of the molecule is O=C1c2ccccc2C(=O)N1CC(F)(F)C(F)(F)F. The van der Waals surface area contributed by atoms with Crippen LogP contribution in [0.5, 0.6) is 0 Å². The quantitative estimate of drug-likeness (QED) is 0.616. The van der Waals surface area contributed by atoms with Crippen molar-refractivity contribution in [2.75, 3.05) is 6.54 Å². The molecule has 0 N–H and O–H groups in total. The number of carbonyl (C=O) groups is 2. The van der Waals surface area contributed by atoms with Crippen molar-refractivity contribution in [2.45, 2.75) is 12.1 Å². The molecule has 1 heterocycles. The number of amides is 2. The molecule has 0 radical (unpaired) electrons. The Bertz CT molecular complexity index is 517. The third kappa shape index (κ3) is 2.06. The summed E-state index contributed by atoms with van der Waals surface area (Å²) in [6, 6.07) is 5.16. The second-order valence-electron chi connectivity index (χ2n) is 3.94. The molecule has 0 bridgehead atoms. The predicted molar refractivity (Wildman–Crippen MR) is 52.8 cm³/mol. The first-order valence-electron chi connectivity index (χ1n) is 5.05. The molecule has 0 spiro atoms. The maximum Gasteiger partial charge on any atom is 0.455 e. The summed E-state index contributed by atoms with van der Waals surface area (Å²) in [5, 5.41) is 0. The molecule has 102 valence electrons. The maximum atomic E-state index is 12.9. The van der Waals surface area contributed by atoms with E-state index < -0.39 is 30.5 Å². The molecular weight excluding hydrogens is 273 g/mol. The van der Waals surface area contributed by atoms with E-state index in [0.717, 1.165) is 0 Å². The summed E-state index contributed by atoms with van der Waals surface area (Å²) < 4.78 is 62.0. The molecule has 0 saturated carbocycles. The normalized spacial score (nSPS) is 15.9. The number of nitrogens with zero attached hydrogens (tertiary/aromatic N) is 1. The molecule has 2 amide bonds. The molecular formula is C11H6F5NO2. The van der Waals surface area contributed by atoms with Gasteiger partial charge in [-0.25, -0.2) is 0 Å². The van der Waals surface area contributed by atoms with E-state index in [4.69, 9.17) is 0 Å². The predicted octanol–water partition coefficient (Wildman–Crippen LogP) is 2.48. The van der Waals surface area contributed by atoms with Crippen molar-refractivity contribution in [3.8, 4) is 0 Å². The Balaban J connectivity index is 2.31. The maximum absolute atomic E-state index is 12.9. The molecule has 1 aromatic carbocycles. The Morgan fingerprint density at radius 1 is 0.895 bits per heavy atom. The van der Waals surface area contributed by atoms with Crippen LogP contribution in [0.3, 0.4) is 0 Å². The summed E-state index contributed by atoms with van der Waals surface area (Å²) in [5.74, 6) is -7.44. The third-order valence-electron chi connectivity index (χ3n) is 2.65. The average Bonchev–Trinajstić information content (AvgIpc) is 2.54. The average molecular weight is 279 g/mol. The Labute approximate surface area is 103 Å². The fourth-order valence-electron chi connectivity index (χ4n) is 1.67. The van der Waals surface area contributed by atoms with Crippen LogP contribution in [0.4, 0.5) is 22.0 Å². The molecule has 0 saturated heterocycles. The standard InChI is InChI=1S/C11H6F5NO2/c12-10(13,11(14,15)16)5-17-8(18)6-3-1-2-4-7(6)9(17)19/h1-4H,5H2. The van der Waals surface area contributed by atoms with Crippen molar-refractivity contribution in [3.63, 3.8) is 0 Å². The smallest absolute Gasteiger partial charge is 0.269 e. The van der Waals surface area contributed by atoms with Crippen LogP contribution in [0.15, 0.2) is 24.3 Å². The van der Waals surface area contributed by atoms with Crippen molar-refractivity contribution in [2.24, 2.45) is 0 Å². The lowest BCUT2D eigenvalue weighted by Gasteiger charge is -2.23. The van der Waals surface area contributed by atoms with Crippen LogP contribution in [0, 0.1) is 0 Å². The van der Waals surface area contributed by atoms with E-state index in [-0.39, 0.29) is 16.0 Å². The van der Waals surface area contributed by atoms with Gasteiger partial charge in [-0.05, 0) is 12.1 Å². The van der Waals surface area contributed by atoms with Gasteiger partial charge in [-0.1, -0.05) is 12.1 Å². The zero-order chi connectivity index (χ0) is 14.4. The van der Waals surface area contributed by atoms with Gasteiger partial charge >= 0.3 is 12.1 Å². The van der Waals surface area contributed by atoms with E-state index in [1.54, 1.807) is 0 Å². The largest absolute Gasteiger partial charge is 0.455 e. The molecule has 1 aromatic rings. The van der Waals surface area contributed by atoms with Gasteiger partial charge in [0.2, 0.25) is 0 Å². The van der Waals surface area contributed by atoms with E-state index in [1.165, 1.54) is 24.3 Å². The zero-order valence-corrected chi connectivity index (χ0v) is 9.17. The Morgan fingerprint density at radius 2 is 1.32 bits per heavy atom. The number of alkyl halides is 5. The van der Waals surface area contributed by atoms with Gasteiger partial charge in [0.25, 0.3) is 11.8 Å².